The Morgan fingerprint density at radius 1 is 1.29 bits per heavy atom. The van der Waals surface area contributed by atoms with E-state index in [0.29, 0.717) is 5.75 Å². The number of rotatable bonds is 6. The van der Waals surface area contributed by atoms with Crippen molar-refractivity contribution in [2.75, 3.05) is 7.11 Å². The number of ether oxygens (including phenoxy) is 2. The highest BCUT2D eigenvalue weighted by Crippen LogP contribution is 2.19. The standard InChI is InChI=1S/C15H20FNO4/c1-10(9-13(18)20-4)17-14(19)15(2,3)21-12-7-5-11(16)6-8-12/h5-8,10H,9H2,1-4H3,(H,17,19). The largest absolute Gasteiger partial charge is 0.478 e. The second-order valence-corrected chi connectivity index (χ2v) is 5.22. The molecule has 0 spiro atoms. The third-order valence-electron chi connectivity index (χ3n) is 2.81. The number of esters is 1. The molecule has 6 heteroatoms. The van der Waals surface area contributed by atoms with Gasteiger partial charge in [-0.15, -0.1) is 0 Å². The lowest BCUT2D eigenvalue weighted by molar-refractivity contribution is -0.141. The molecule has 1 atom stereocenters. The van der Waals surface area contributed by atoms with Crippen molar-refractivity contribution >= 4 is 11.9 Å². The Kier molecular flexibility index (Phi) is 5.69. The first-order chi connectivity index (χ1) is 9.74. The highest BCUT2D eigenvalue weighted by Gasteiger charge is 2.31. The first kappa shape index (κ1) is 16.9. The third-order valence-corrected chi connectivity index (χ3v) is 2.81. The van der Waals surface area contributed by atoms with Gasteiger partial charge < -0.3 is 14.8 Å². The molecule has 0 saturated heterocycles. The first-order valence-corrected chi connectivity index (χ1v) is 6.57. The first-order valence-electron chi connectivity index (χ1n) is 6.57. The number of hydrogen-bond donors (Lipinski definition) is 1. The van der Waals surface area contributed by atoms with Crippen molar-refractivity contribution < 1.29 is 23.5 Å². The van der Waals surface area contributed by atoms with Gasteiger partial charge in [0, 0.05) is 6.04 Å². The zero-order valence-electron chi connectivity index (χ0n) is 12.6. The Morgan fingerprint density at radius 2 is 1.86 bits per heavy atom. The van der Waals surface area contributed by atoms with E-state index in [9.17, 15) is 14.0 Å². The Hall–Kier alpha value is -2.11. The predicted octanol–water partition coefficient (Wildman–Crippen LogP) is 2.05. The summed E-state index contributed by atoms with van der Waals surface area (Å²) in [5, 5.41) is 2.68. The van der Waals surface area contributed by atoms with Crippen LogP contribution < -0.4 is 10.1 Å². The quantitative estimate of drug-likeness (QED) is 0.816. The van der Waals surface area contributed by atoms with Crippen LogP contribution >= 0.6 is 0 Å². The van der Waals surface area contributed by atoms with Crippen molar-refractivity contribution in [2.24, 2.45) is 0 Å². The molecule has 0 heterocycles. The molecular weight excluding hydrogens is 277 g/mol. The second kappa shape index (κ2) is 7.06. The van der Waals surface area contributed by atoms with Gasteiger partial charge in [0.15, 0.2) is 5.60 Å². The molecule has 1 unspecified atom stereocenters. The van der Waals surface area contributed by atoms with Crippen LogP contribution in [0.15, 0.2) is 24.3 Å². The maximum atomic E-state index is 12.8. The highest BCUT2D eigenvalue weighted by atomic mass is 19.1. The monoisotopic (exact) mass is 297 g/mol. The molecule has 0 aromatic heterocycles. The van der Waals surface area contributed by atoms with Gasteiger partial charge in [0.2, 0.25) is 0 Å². The minimum atomic E-state index is -1.15. The molecule has 0 aliphatic rings. The molecule has 0 aliphatic carbocycles. The predicted molar refractivity (Wildman–Crippen MR) is 75.3 cm³/mol. The summed E-state index contributed by atoms with van der Waals surface area (Å²) in [5.41, 5.74) is -1.15. The summed E-state index contributed by atoms with van der Waals surface area (Å²) in [6.45, 7) is 4.88. The fraction of sp³-hybridized carbons (Fsp3) is 0.467. The van der Waals surface area contributed by atoms with E-state index < -0.39 is 11.6 Å². The van der Waals surface area contributed by atoms with Crippen molar-refractivity contribution in [3.63, 3.8) is 0 Å². The lowest BCUT2D eigenvalue weighted by Crippen LogP contribution is -2.49. The Labute approximate surface area is 123 Å². The van der Waals surface area contributed by atoms with Crippen molar-refractivity contribution in [3.05, 3.63) is 30.1 Å². The van der Waals surface area contributed by atoms with Gasteiger partial charge in [-0.3, -0.25) is 9.59 Å². The van der Waals surface area contributed by atoms with Crippen LogP contribution in [0.4, 0.5) is 4.39 Å². The van der Waals surface area contributed by atoms with Crippen LogP contribution in [-0.4, -0.2) is 30.6 Å². The van der Waals surface area contributed by atoms with Crippen molar-refractivity contribution in [1.82, 2.24) is 5.32 Å². The summed E-state index contributed by atoms with van der Waals surface area (Å²) in [6.07, 6.45) is 0.0782. The van der Waals surface area contributed by atoms with E-state index >= 15 is 0 Å². The van der Waals surface area contributed by atoms with Gasteiger partial charge in [-0.05, 0) is 45.0 Å². The lowest BCUT2D eigenvalue weighted by Gasteiger charge is -2.27. The Balaban J connectivity index is 2.62. The number of benzene rings is 1. The third kappa shape index (κ3) is 5.41. The molecule has 0 radical (unpaired) electrons. The van der Waals surface area contributed by atoms with Gasteiger partial charge in [-0.1, -0.05) is 0 Å². The smallest absolute Gasteiger partial charge is 0.307 e. The fourth-order valence-corrected chi connectivity index (χ4v) is 1.63. The van der Waals surface area contributed by atoms with E-state index in [1.54, 1.807) is 20.8 Å². The van der Waals surface area contributed by atoms with E-state index in [4.69, 9.17) is 4.74 Å². The number of methoxy groups -OCH3 is 1. The molecule has 0 bridgehead atoms. The molecule has 0 saturated carbocycles. The number of carbonyl (C=O) groups is 2. The molecule has 116 valence electrons. The summed E-state index contributed by atoms with van der Waals surface area (Å²) in [6, 6.07) is 5.03. The minimum Gasteiger partial charge on any atom is -0.478 e. The van der Waals surface area contributed by atoms with Gasteiger partial charge in [-0.25, -0.2) is 4.39 Å². The lowest BCUT2D eigenvalue weighted by atomic mass is 10.1. The van der Waals surface area contributed by atoms with Crippen molar-refractivity contribution in [2.45, 2.75) is 38.8 Å². The van der Waals surface area contributed by atoms with Crippen LogP contribution in [0.3, 0.4) is 0 Å². The summed E-state index contributed by atoms with van der Waals surface area (Å²) >= 11 is 0. The Morgan fingerprint density at radius 3 is 2.38 bits per heavy atom. The van der Waals surface area contributed by atoms with E-state index in [1.807, 2.05) is 0 Å². The Bertz CT molecular complexity index is 499. The summed E-state index contributed by atoms with van der Waals surface area (Å²) in [5.74, 6) is -0.767. The van der Waals surface area contributed by atoms with Gasteiger partial charge in [0.1, 0.15) is 11.6 Å². The zero-order valence-corrected chi connectivity index (χ0v) is 12.6. The summed E-state index contributed by atoms with van der Waals surface area (Å²) in [7, 11) is 1.29. The van der Waals surface area contributed by atoms with Gasteiger partial charge in [0.05, 0.1) is 13.5 Å². The fourth-order valence-electron chi connectivity index (χ4n) is 1.63. The van der Waals surface area contributed by atoms with E-state index in [0.717, 1.165) is 0 Å². The average Bonchev–Trinajstić information content (AvgIpc) is 2.40. The summed E-state index contributed by atoms with van der Waals surface area (Å²) in [4.78, 5) is 23.3. The van der Waals surface area contributed by atoms with Gasteiger partial charge in [0.25, 0.3) is 5.91 Å². The number of nitrogens with one attached hydrogen (secondary N) is 1. The van der Waals surface area contributed by atoms with Crippen LogP contribution in [0, 0.1) is 5.82 Å². The normalized spacial score (nSPS) is 12.4. The van der Waals surface area contributed by atoms with Crippen LogP contribution in [0.2, 0.25) is 0 Å². The zero-order chi connectivity index (χ0) is 16.0. The van der Waals surface area contributed by atoms with E-state index in [2.05, 4.69) is 10.1 Å². The van der Waals surface area contributed by atoms with Crippen LogP contribution in [0.25, 0.3) is 0 Å². The molecule has 1 N–H and O–H groups in total. The number of halogens is 1. The van der Waals surface area contributed by atoms with E-state index in [-0.39, 0.29) is 24.2 Å². The second-order valence-electron chi connectivity index (χ2n) is 5.22. The molecule has 1 aromatic rings. The van der Waals surface area contributed by atoms with Crippen molar-refractivity contribution in [3.8, 4) is 5.75 Å². The van der Waals surface area contributed by atoms with Crippen LogP contribution in [-0.2, 0) is 14.3 Å². The maximum Gasteiger partial charge on any atom is 0.307 e. The molecule has 1 rings (SSSR count). The minimum absolute atomic E-state index is 0.0782. The molecule has 0 aliphatic heterocycles. The molecule has 5 nitrogen and oxygen atoms in total. The van der Waals surface area contributed by atoms with Crippen LogP contribution in [0.1, 0.15) is 27.2 Å². The number of amides is 1. The SMILES string of the molecule is COC(=O)CC(C)NC(=O)C(C)(C)Oc1ccc(F)cc1. The molecule has 1 amide bonds. The summed E-state index contributed by atoms with van der Waals surface area (Å²) < 4.78 is 22.9. The van der Waals surface area contributed by atoms with Crippen LogP contribution in [0.5, 0.6) is 5.75 Å². The maximum absolute atomic E-state index is 12.8. The highest BCUT2D eigenvalue weighted by molar-refractivity contribution is 5.85. The number of carbonyl (C=O) groups excluding carboxylic acids is 2. The molecule has 21 heavy (non-hydrogen) atoms. The van der Waals surface area contributed by atoms with Crippen molar-refractivity contribution in [1.29, 1.82) is 0 Å². The number of hydrogen-bond acceptors (Lipinski definition) is 4. The molecular formula is C15H20FNO4. The van der Waals surface area contributed by atoms with E-state index in [1.165, 1.54) is 31.4 Å². The average molecular weight is 297 g/mol. The van der Waals surface area contributed by atoms with Gasteiger partial charge in [-0.2, -0.15) is 0 Å². The van der Waals surface area contributed by atoms with Gasteiger partial charge >= 0.3 is 5.97 Å². The molecule has 0 fully saturated rings. The molecule has 1 aromatic carbocycles. The topological polar surface area (TPSA) is 64.6 Å².